The predicted octanol–water partition coefficient (Wildman–Crippen LogP) is 1.10. The summed E-state index contributed by atoms with van der Waals surface area (Å²) in [7, 11) is 1.23. The minimum absolute atomic E-state index is 0.165. The summed E-state index contributed by atoms with van der Waals surface area (Å²) in [6.45, 7) is 0.819. The lowest BCUT2D eigenvalue weighted by atomic mass is 10.3. The van der Waals surface area contributed by atoms with Crippen molar-refractivity contribution in [3.8, 4) is 11.5 Å². The van der Waals surface area contributed by atoms with Gasteiger partial charge in [0.05, 0.1) is 7.11 Å². The first-order valence-electron chi connectivity index (χ1n) is 6.25. The second-order valence-corrected chi connectivity index (χ2v) is 4.02. The number of hydrogen-bond acceptors (Lipinski definition) is 7. The van der Waals surface area contributed by atoms with E-state index in [0.717, 1.165) is 17.8 Å². The Labute approximate surface area is 121 Å². The number of methoxy groups -OCH3 is 1. The summed E-state index contributed by atoms with van der Waals surface area (Å²) >= 11 is 0. The molecule has 112 valence electrons. The Morgan fingerprint density at radius 3 is 2.81 bits per heavy atom. The minimum atomic E-state index is -0.606. The molecule has 0 spiro atoms. The van der Waals surface area contributed by atoms with Crippen LogP contribution in [0.1, 0.15) is 0 Å². The molecule has 0 bridgehead atoms. The number of esters is 2. The molecule has 2 rings (SSSR count). The lowest BCUT2D eigenvalue weighted by Gasteiger charge is -2.07. The number of carbonyl (C=O) groups is 2. The molecule has 0 unspecified atom stereocenters. The molecule has 1 aliphatic rings. The van der Waals surface area contributed by atoms with Gasteiger partial charge in [-0.25, -0.2) is 9.59 Å². The molecule has 1 aromatic carbocycles. The van der Waals surface area contributed by atoms with Crippen LogP contribution < -0.4 is 14.8 Å². The van der Waals surface area contributed by atoms with E-state index in [0.29, 0.717) is 18.0 Å². The van der Waals surface area contributed by atoms with Gasteiger partial charge in [-0.2, -0.15) is 0 Å². The smallest absolute Gasteiger partial charge is 0.331 e. The van der Waals surface area contributed by atoms with Gasteiger partial charge >= 0.3 is 11.9 Å². The van der Waals surface area contributed by atoms with Gasteiger partial charge < -0.3 is 24.3 Å². The van der Waals surface area contributed by atoms with E-state index < -0.39 is 11.9 Å². The van der Waals surface area contributed by atoms with E-state index in [9.17, 15) is 9.59 Å². The van der Waals surface area contributed by atoms with Crippen molar-refractivity contribution in [1.29, 1.82) is 0 Å². The third-order valence-corrected chi connectivity index (χ3v) is 2.60. The van der Waals surface area contributed by atoms with Crippen LogP contribution in [-0.2, 0) is 19.1 Å². The van der Waals surface area contributed by atoms with Gasteiger partial charge in [-0.15, -0.1) is 0 Å². The second kappa shape index (κ2) is 7.18. The molecule has 1 N–H and O–H groups in total. The van der Waals surface area contributed by atoms with Gasteiger partial charge in [0.1, 0.15) is 6.61 Å². The molecule has 0 fully saturated rings. The fourth-order valence-corrected chi connectivity index (χ4v) is 1.61. The van der Waals surface area contributed by atoms with Crippen LogP contribution in [0.15, 0.2) is 30.4 Å². The molecule has 0 amide bonds. The van der Waals surface area contributed by atoms with Crippen LogP contribution in [0.2, 0.25) is 0 Å². The predicted molar refractivity (Wildman–Crippen MR) is 73.2 cm³/mol. The summed E-state index contributed by atoms with van der Waals surface area (Å²) < 4.78 is 19.7. The van der Waals surface area contributed by atoms with E-state index in [4.69, 9.17) is 14.2 Å². The summed E-state index contributed by atoms with van der Waals surface area (Å²) in [6.07, 6.45) is 2.03. The van der Waals surface area contributed by atoms with E-state index in [1.165, 1.54) is 7.11 Å². The highest BCUT2D eigenvalue weighted by molar-refractivity contribution is 5.91. The first-order chi connectivity index (χ1) is 10.2. The summed E-state index contributed by atoms with van der Waals surface area (Å²) in [4.78, 5) is 22.0. The first kappa shape index (κ1) is 14.7. The van der Waals surface area contributed by atoms with Crippen molar-refractivity contribution >= 4 is 17.6 Å². The molecule has 21 heavy (non-hydrogen) atoms. The van der Waals surface area contributed by atoms with E-state index >= 15 is 0 Å². The average Bonchev–Trinajstić information content (AvgIpc) is 2.96. The van der Waals surface area contributed by atoms with Crippen molar-refractivity contribution < 1.29 is 28.5 Å². The minimum Gasteiger partial charge on any atom is -0.466 e. The molecule has 7 nitrogen and oxygen atoms in total. The molecule has 0 aromatic heterocycles. The molecule has 0 radical (unpaired) electrons. The number of anilines is 1. The Morgan fingerprint density at radius 2 is 2.00 bits per heavy atom. The Kier molecular flexibility index (Phi) is 5.03. The Morgan fingerprint density at radius 1 is 1.24 bits per heavy atom. The maximum Gasteiger partial charge on any atom is 0.331 e. The van der Waals surface area contributed by atoms with Crippen molar-refractivity contribution in [2.24, 2.45) is 0 Å². The fourth-order valence-electron chi connectivity index (χ4n) is 1.61. The highest BCUT2D eigenvalue weighted by Gasteiger charge is 2.12. The van der Waals surface area contributed by atoms with Crippen LogP contribution in [0, 0.1) is 0 Å². The van der Waals surface area contributed by atoms with Crippen LogP contribution in [-0.4, -0.2) is 39.0 Å². The van der Waals surface area contributed by atoms with Gasteiger partial charge in [-0.05, 0) is 12.1 Å². The molecule has 7 heteroatoms. The fraction of sp³-hybridized carbons (Fsp3) is 0.286. The zero-order valence-electron chi connectivity index (χ0n) is 11.5. The van der Waals surface area contributed by atoms with Crippen LogP contribution in [0.5, 0.6) is 11.5 Å². The van der Waals surface area contributed by atoms with Crippen molar-refractivity contribution in [3.63, 3.8) is 0 Å². The number of fused-ring (bicyclic) bond motifs is 1. The number of rotatable bonds is 6. The van der Waals surface area contributed by atoms with Crippen molar-refractivity contribution in [2.45, 2.75) is 0 Å². The first-order valence-corrected chi connectivity index (χ1v) is 6.25. The lowest BCUT2D eigenvalue weighted by molar-refractivity contribution is -0.139. The maximum atomic E-state index is 11.2. The van der Waals surface area contributed by atoms with Crippen LogP contribution in [0.25, 0.3) is 0 Å². The van der Waals surface area contributed by atoms with Gasteiger partial charge in [-0.1, -0.05) is 0 Å². The summed E-state index contributed by atoms with van der Waals surface area (Å²) in [5, 5.41) is 3.08. The van der Waals surface area contributed by atoms with Crippen LogP contribution >= 0.6 is 0 Å². The molecule has 0 aliphatic carbocycles. The van der Waals surface area contributed by atoms with Crippen LogP contribution in [0.3, 0.4) is 0 Å². The van der Waals surface area contributed by atoms with Crippen molar-refractivity contribution in [3.05, 3.63) is 30.4 Å². The molecule has 0 saturated carbocycles. The number of ether oxygens (including phenoxy) is 4. The normalized spacial score (nSPS) is 12.2. The molecule has 0 atom stereocenters. The van der Waals surface area contributed by atoms with Gasteiger partial charge in [0, 0.05) is 30.5 Å². The molecular weight excluding hydrogens is 278 g/mol. The maximum absolute atomic E-state index is 11.2. The Hall–Kier alpha value is -2.70. The quantitative estimate of drug-likeness (QED) is 0.477. The summed E-state index contributed by atoms with van der Waals surface area (Å²) in [5.74, 6) is 0.177. The molecular formula is C14H15NO6. The Bertz CT molecular complexity index is 554. The average molecular weight is 293 g/mol. The molecule has 1 heterocycles. The third kappa shape index (κ3) is 4.41. The highest BCUT2D eigenvalue weighted by Crippen LogP contribution is 2.34. The van der Waals surface area contributed by atoms with E-state index in [-0.39, 0.29) is 13.4 Å². The van der Waals surface area contributed by atoms with Gasteiger partial charge in [0.15, 0.2) is 11.5 Å². The monoisotopic (exact) mass is 293 g/mol. The van der Waals surface area contributed by atoms with Crippen molar-refractivity contribution in [1.82, 2.24) is 0 Å². The van der Waals surface area contributed by atoms with E-state index in [1.54, 1.807) is 12.1 Å². The number of carbonyl (C=O) groups excluding carboxylic acids is 2. The highest BCUT2D eigenvalue weighted by atomic mass is 16.7. The molecule has 1 aliphatic heterocycles. The third-order valence-electron chi connectivity index (χ3n) is 2.60. The SMILES string of the molecule is COC(=O)C=CC(=O)OCCNc1ccc2c(c1)OCO2. The number of hydrogen-bond donors (Lipinski definition) is 1. The topological polar surface area (TPSA) is 83.1 Å². The number of nitrogens with one attached hydrogen (secondary N) is 1. The largest absolute Gasteiger partial charge is 0.466 e. The standard InChI is InChI=1S/C14H15NO6/c1-18-13(16)4-5-14(17)19-7-6-15-10-2-3-11-12(8-10)21-9-20-11/h2-5,8,15H,6-7,9H2,1H3. The van der Waals surface area contributed by atoms with Crippen molar-refractivity contribution in [2.75, 3.05) is 32.4 Å². The summed E-state index contributed by atoms with van der Waals surface area (Å²) in [6, 6.07) is 5.45. The van der Waals surface area contributed by atoms with E-state index in [2.05, 4.69) is 10.1 Å². The van der Waals surface area contributed by atoms with E-state index in [1.807, 2.05) is 6.07 Å². The lowest BCUT2D eigenvalue weighted by Crippen LogP contribution is -2.12. The van der Waals surface area contributed by atoms with Gasteiger partial charge in [0.2, 0.25) is 6.79 Å². The Balaban J connectivity index is 1.69. The molecule has 1 aromatic rings. The van der Waals surface area contributed by atoms with Gasteiger partial charge in [0.25, 0.3) is 0 Å². The summed E-state index contributed by atoms with van der Waals surface area (Å²) in [5.41, 5.74) is 0.834. The van der Waals surface area contributed by atoms with Crippen LogP contribution in [0.4, 0.5) is 5.69 Å². The second-order valence-electron chi connectivity index (χ2n) is 4.02. The zero-order chi connectivity index (χ0) is 15.1. The van der Waals surface area contributed by atoms with Gasteiger partial charge in [-0.3, -0.25) is 0 Å². The zero-order valence-corrected chi connectivity index (χ0v) is 11.5. The molecule has 0 saturated heterocycles. The number of benzene rings is 1.